The normalized spacial score (nSPS) is 12.8. The summed E-state index contributed by atoms with van der Waals surface area (Å²) in [5.41, 5.74) is 8.94. The molecule has 1 unspecified atom stereocenters. The number of benzene rings is 1. The third-order valence-electron chi connectivity index (χ3n) is 2.68. The van der Waals surface area contributed by atoms with Crippen LogP contribution in [0.3, 0.4) is 0 Å². The zero-order chi connectivity index (χ0) is 11.7. The molecule has 1 aromatic carbocycles. The van der Waals surface area contributed by atoms with Gasteiger partial charge in [-0.3, -0.25) is 4.98 Å². The first-order chi connectivity index (χ1) is 8.34. The molecule has 5 heteroatoms. The first kappa shape index (κ1) is 10.3. The Kier molecular flexibility index (Phi) is 2.55. The number of pyridine rings is 1. The molecule has 0 fully saturated rings. The number of aromatic nitrogens is 3. The van der Waals surface area contributed by atoms with E-state index in [1.54, 1.807) is 6.20 Å². The zero-order valence-corrected chi connectivity index (χ0v) is 9.76. The van der Waals surface area contributed by atoms with E-state index in [2.05, 4.69) is 14.6 Å². The van der Waals surface area contributed by atoms with Crippen LogP contribution >= 0.6 is 11.5 Å². The summed E-state index contributed by atoms with van der Waals surface area (Å²) in [6.45, 7) is 0. The average molecular weight is 242 g/mol. The van der Waals surface area contributed by atoms with Crippen LogP contribution in [0.2, 0.25) is 0 Å². The summed E-state index contributed by atoms with van der Waals surface area (Å²) in [7, 11) is 0. The number of nitrogens with zero attached hydrogens (tertiary/aromatic N) is 3. The molecule has 0 bridgehead atoms. The van der Waals surface area contributed by atoms with Crippen molar-refractivity contribution in [3.63, 3.8) is 0 Å². The Morgan fingerprint density at radius 3 is 3.00 bits per heavy atom. The van der Waals surface area contributed by atoms with Crippen LogP contribution in [-0.2, 0) is 0 Å². The lowest BCUT2D eigenvalue weighted by molar-refractivity contribution is 0.819. The second kappa shape index (κ2) is 4.20. The Bertz CT molecular complexity index is 636. The zero-order valence-electron chi connectivity index (χ0n) is 8.95. The van der Waals surface area contributed by atoms with Gasteiger partial charge in [0, 0.05) is 17.0 Å². The van der Waals surface area contributed by atoms with Crippen LogP contribution in [0, 0.1) is 0 Å². The molecular weight excluding hydrogens is 232 g/mol. The van der Waals surface area contributed by atoms with E-state index in [-0.39, 0.29) is 6.04 Å². The second-order valence-electron chi connectivity index (χ2n) is 3.76. The Hall–Kier alpha value is -1.85. The van der Waals surface area contributed by atoms with E-state index >= 15 is 0 Å². The van der Waals surface area contributed by atoms with Crippen LogP contribution in [0.25, 0.3) is 10.9 Å². The molecular formula is C12H10N4S. The molecule has 1 atom stereocenters. The highest BCUT2D eigenvalue weighted by Crippen LogP contribution is 2.22. The lowest BCUT2D eigenvalue weighted by Crippen LogP contribution is -2.12. The SMILES string of the molecule is NC(c1ccc2ncccc2c1)c1csnn1. The fourth-order valence-corrected chi connectivity index (χ4v) is 2.26. The predicted molar refractivity (Wildman–Crippen MR) is 67.7 cm³/mol. The van der Waals surface area contributed by atoms with Gasteiger partial charge in [0.25, 0.3) is 0 Å². The molecule has 17 heavy (non-hydrogen) atoms. The highest BCUT2D eigenvalue weighted by atomic mass is 32.1. The quantitative estimate of drug-likeness (QED) is 0.747. The summed E-state index contributed by atoms with van der Waals surface area (Å²) in [5, 5.41) is 6.96. The molecule has 0 saturated heterocycles. The van der Waals surface area contributed by atoms with Crippen molar-refractivity contribution in [2.45, 2.75) is 6.04 Å². The summed E-state index contributed by atoms with van der Waals surface area (Å²) in [6, 6.07) is 9.73. The van der Waals surface area contributed by atoms with Crippen molar-refractivity contribution in [1.29, 1.82) is 0 Å². The third-order valence-corrected chi connectivity index (χ3v) is 3.20. The molecule has 2 N–H and O–H groups in total. The highest BCUT2D eigenvalue weighted by molar-refractivity contribution is 7.03. The smallest absolute Gasteiger partial charge is 0.0967 e. The van der Waals surface area contributed by atoms with E-state index in [4.69, 9.17) is 5.73 Å². The molecule has 84 valence electrons. The van der Waals surface area contributed by atoms with Crippen LogP contribution in [-0.4, -0.2) is 14.6 Å². The number of rotatable bonds is 2. The minimum absolute atomic E-state index is 0.224. The molecule has 4 nitrogen and oxygen atoms in total. The van der Waals surface area contributed by atoms with Crippen LogP contribution in [0.1, 0.15) is 17.3 Å². The van der Waals surface area contributed by atoms with Gasteiger partial charge in [-0.25, -0.2) is 0 Å². The summed E-state index contributed by atoms with van der Waals surface area (Å²) >= 11 is 1.31. The molecule has 0 amide bonds. The minimum Gasteiger partial charge on any atom is -0.319 e. The molecule has 0 aliphatic carbocycles. The minimum atomic E-state index is -0.224. The lowest BCUT2D eigenvalue weighted by Gasteiger charge is -2.09. The third kappa shape index (κ3) is 1.90. The number of hydrogen-bond donors (Lipinski definition) is 1. The number of hydrogen-bond acceptors (Lipinski definition) is 5. The summed E-state index contributed by atoms with van der Waals surface area (Å²) < 4.78 is 3.83. The second-order valence-corrected chi connectivity index (χ2v) is 4.37. The molecule has 3 aromatic rings. The summed E-state index contributed by atoms with van der Waals surface area (Å²) in [6.07, 6.45) is 1.78. The fourth-order valence-electron chi connectivity index (χ4n) is 1.77. The van der Waals surface area contributed by atoms with Crippen molar-refractivity contribution in [3.8, 4) is 0 Å². The maximum atomic E-state index is 6.14. The molecule has 2 heterocycles. The van der Waals surface area contributed by atoms with E-state index in [9.17, 15) is 0 Å². The topological polar surface area (TPSA) is 64.7 Å². The van der Waals surface area contributed by atoms with Gasteiger partial charge in [0.2, 0.25) is 0 Å². The number of nitrogens with two attached hydrogens (primary N) is 1. The maximum Gasteiger partial charge on any atom is 0.0967 e. The number of fused-ring (bicyclic) bond motifs is 1. The molecule has 0 spiro atoms. The van der Waals surface area contributed by atoms with Gasteiger partial charge in [0.05, 0.1) is 17.3 Å². The van der Waals surface area contributed by atoms with Crippen LogP contribution in [0.15, 0.2) is 41.9 Å². The van der Waals surface area contributed by atoms with Gasteiger partial charge >= 0.3 is 0 Å². The monoisotopic (exact) mass is 242 g/mol. The van der Waals surface area contributed by atoms with Gasteiger partial charge < -0.3 is 5.73 Å². The first-order valence-corrected chi connectivity index (χ1v) is 6.05. The van der Waals surface area contributed by atoms with E-state index in [1.807, 2.05) is 35.7 Å². The summed E-state index contributed by atoms with van der Waals surface area (Å²) in [4.78, 5) is 4.28. The van der Waals surface area contributed by atoms with E-state index in [0.29, 0.717) is 0 Å². The highest BCUT2D eigenvalue weighted by Gasteiger charge is 2.11. The Labute approximate surface area is 102 Å². The van der Waals surface area contributed by atoms with Gasteiger partial charge in [-0.1, -0.05) is 16.6 Å². The van der Waals surface area contributed by atoms with Crippen molar-refractivity contribution in [2.24, 2.45) is 5.73 Å². The van der Waals surface area contributed by atoms with Gasteiger partial charge in [-0.15, -0.1) is 5.10 Å². The van der Waals surface area contributed by atoms with Crippen molar-refractivity contribution in [3.05, 3.63) is 53.2 Å². The van der Waals surface area contributed by atoms with Gasteiger partial charge in [-0.05, 0) is 35.3 Å². The van der Waals surface area contributed by atoms with Gasteiger partial charge in [-0.2, -0.15) is 0 Å². The van der Waals surface area contributed by atoms with Gasteiger partial charge in [0.1, 0.15) is 0 Å². The molecule has 3 rings (SSSR count). The Morgan fingerprint density at radius 1 is 1.24 bits per heavy atom. The molecule has 0 aliphatic rings. The molecule has 0 saturated carbocycles. The largest absolute Gasteiger partial charge is 0.319 e. The average Bonchev–Trinajstić information content (AvgIpc) is 2.91. The fraction of sp³-hybridized carbons (Fsp3) is 0.0833. The van der Waals surface area contributed by atoms with Crippen LogP contribution in [0.4, 0.5) is 0 Å². The van der Waals surface area contributed by atoms with Crippen LogP contribution < -0.4 is 5.73 Å². The predicted octanol–water partition coefficient (Wildman–Crippen LogP) is 2.13. The van der Waals surface area contributed by atoms with E-state index in [1.165, 1.54) is 11.5 Å². The Morgan fingerprint density at radius 2 is 2.18 bits per heavy atom. The van der Waals surface area contributed by atoms with Crippen molar-refractivity contribution >= 4 is 22.4 Å². The van der Waals surface area contributed by atoms with Crippen LogP contribution in [0.5, 0.6) is 0 Å². The first-order valence-electron chi connectivity index (χ1n) is 5.22. The van der Waals surface area contributed by atoms with Crippen molar-refractivity contribution in [1.82, 2.24) is 14.6 Å². The maximum absolute atomic E-state index is 6.14. The van der Waals surface area contributed by atoms with E-state index < -0.39 is 0 Å². The van der Waals surface area contributed by atoms with Crippen molar-refractivity contribution in [2.75, 3.05) is 0 Å². The Balaban J connectivity index is 2.06. The molecule has 0 radical (unpaired) electrons. The van der Waals surface area contributed by atoms with Crippen molar-refractivity contribution < 1.29 is 0 Å². The summed E-state index contributed by atoms with van der Waals surface area (Å²) in [5.74, 6) is 0. The lowest BCUT2D eigenvalue weighted by atomic mass is 10.0. The molecule has 0 aliphatic heterocycles. The van der Waals surface area contributed by atoms with E-state index in [0.717, 1.165) is 22.2 Å². The van der Waals surface area contributed by atoms with Gasteiger partial charge in [0.15, 0.2) is 0 Å². The standard InChI is InChI=1S/C12H10N4S/c13-12(11-7-17-16-15-11)9-3-4-10-8(6-9)2-1-5-14-10/h1-7,12H,13H2. The molecule has 2 aromatic heterocycles.